The number of hydrogen-bond acceptors (Lipinski definition) is 4. The molecule has 2 aromatic carbocycles. The molecule has 142 valence electrons. The number of benzene rings is 2. The van der Waals surface area contributed by atoms with Gasteiger partial charge in [-0.2, -0.15) is 5.10 Å². The normalized spacial score (nSPS) is 17.9. The molecule has 2 heterocycles. The number of halogens is 3. The monoisotopic (exact) mass is 378 g/mol. The van der Waals surface area contributed by atoms with E-state index in [9.17, 15) is 23.2 Å². The number of fused-ring (bicyclic) bond motifs is 2. The number of rotatable bonds is 4. The van der Waals surface area contributed by atoms with Crippen molar-refractivity contribution in [3.63, 3.8) is 0 Å². The second-order valence-electron chi connectivity index (χ2n) is 6.73. The molecule has 0 saturated carbocycles. The molecular weight excluding hydrogens is 360 g/mol. The number of nitrogens with zero attached hydrogens (tertiary/aromatic N) is 2. The Labute approximate surface area is 153 Å². The number of aromatic nitrogens is 2. The van der Waals surface area contributed by atoms with Gasteiger partial charge >= 0.3 is 7.12 Å². The summed E-state index contributed by atoms with van der Waals surface area (Å²) in [6.45, 7) is 0.610. The molecular formula is C18H18BF3N2O3. The summed E-state index contributed by atoms with van der Waals surface area (Å²) in [5, 5.41) is 25.2. The average molecular weight is 378 g/mol. The van der Waals surface area contributed by atoms with E-state index in [-0.39, 0.29) is 22.6 Å². The maximum absolute atomic E-state index is 14.3. The first-order valence-corrected chi connectivity index (χ1v) is 8.84. The minimum Gasteiger partial charge on any atom is -0.423 e. The fourth-order valence-corrected chi connectivity index (χ4v) is 3.85. The van der Waals surface area contributed by atoms with Crippen LogP contribution in [0.2, 0.25) is 0 Å². The van der Waals surface area contributed by atoms with Gasteiger partial charge in [0.15, 0.2) is 6.23 Å². The third-order valence-electron chi connectivity index (χ3n) is 5.02. The average Bonchev–Trinajstić information content (AvgIpc) is 3.06. The lowest BCUT2D eigenvalue weighted by molar-refractivity contribution is -0.0366. The number of alkyl halides is 2. The third kappa shape index (κ3) is 3.20. The minimum atomic E-state index is -2.76. The van der Waals surface area contributed by atoms with Crippen molar-refractivity contribution >= 4 is 34.3 Å². The highest BCUT2D eigenvalue weighted by Gasteiger charge is 2.27. The van der Waals surface area contributed by atoms with Crippen LogP contribution in [0.15, 0.2) is 24.4 Å². The molecule has 4 rings (SSSR count). The van der Waals surface area contributed by atoms with Crippen LogP contribution < -0.4 is 5.46 Å². The first kappa shape index (κ1) is 18.3. The van der Waals surface area contributed by atoms with Gasteiger partial charge in [0.25, 0.3) is 0 Å². The molecule has 2 N–H and O–H groups in total. The van der Waals surface area contributed by atoms with E-state index in [0.717, 1.165) is 25.3 Å². The molecule has 1 fully saturated rings. The fraction of sp³-hybridized carbons (Fsp3) is 0.389. The van der Waals surface area contributed by atoms with Crippen molar-refractivity contribution in [3.05, 3.63) is 35.8 Å². The molecule has 3 aromatic rings. The van der Waals surface area contributed by atoms with Gasteiger partial charge in [-0.1, -0.05) is 6.07 Å². The van der Waals surface area contributed by atoms with Crippen LogP contribution in [-0.4, -0.2) is 40.0 Å². The van der Waals surface area contributed by atoms with Crippen LogP contribution in [0.25, 0.3) is 21.7 Å². The molecule has 1 aliphatic heterocycles. The van der Waals surface area contributed by atoms with Gasteiger partial charge in [0, 0.05) is 29.4 Å². The lowest BCUT2D eigenvalue weighted by Crippen LogP contribution is -2.32. The Morgan fingerprint density at radius 2 is 2.11 bits per heavy atom. The highest BCUT2D eigenvalue weighted by Crippen LogP contribution is 2.31. The molecule has 0 aliphatic carbocycles. The van der Waals surface area contributed by atoms with Crippen molar-refractivity contribution < 1.29 is 28.0 Å². The van der Waals surface area contributed by atoms with Crippen molar-refractivity contribution in [2.45, 2.75) is 38.3 Å². The van der Waals surface area contributed by atoms with Crippen molar-refractivity contribution in [1.82, 2.24) is 9.78 Å². The van der Waals surface area contributed by atoms with Gasteiger partial charge in [0.2, 0.25) is 6.43 Å². The largest absolute Gasteiger partial charge is 0.489 e. The highest BCUT2D eigenvalue weighted by atomic mass is 19.3. The van der Waals surface area contributed by atoms with E-state index in [1.165, 1.54) is 12.3 Å². The zero-order chi connectivity index (χ0) is 19.1. The molecule has 27 heavy (non-hydrogen) atoms. The number of ether oxygens (including phenoxy) is 1. The molecule has 9 heteroatoms. The topological polar surface area (TPSA) is 67.5 Å². The summed E-state index contributed by atoms with van der Waals surface area (Å²) in [5.41, 5.74) is 0.348. The summed E-state index contributed by atoms with van der Waals surface area (Å²) in [6.07, 6.45) is 0.314. The van der Waals surface area contributed by atoms with Crippen LogP contribution in [0.1, 0.15) is 31.1 Å². The van der Waals surface area contributed by atoms with Gasteiger partial charge in [-0.15, -0.1) is 0 Å². The maximum Gasteiger partial charge on any atom is 0.489 e. The lowest BCUT2D eigenvalue weighted by Gasteiger charge is -2.24. The van der Waals surface area contributed by atoms with Crippen molar-refractivity contribution in [2.24, 2.45) is 0 Å². The standard InChI is InChI=1S/C18H18BF3N2O3/c20-13-5-4-10-7-14-12(9-23-24(14)16-3-1-2-6-27-16)18(19(25)26)17(10)11(13)8-15(21)22/h4-5,7,9,15-16,25-26H,1-3,6,8H2. The van der Waals surface area contributed by atoms with Crippen LogP contribution in [0, 0.1) is 5.82 Å². The van der Waals surface area contributed by atoms with Gasteiger partial charge in [0.1, 0.15) is 5.82 Å². The van der Waals surface area contributed by atoms with E-state index >= 15 is 0 Å². The van der Waals surface area contributed by atoms with Crippen LogP contribution in [0.3, 0.4) is 0 Å². The maximum atomic E-state index is 14.3. The Kier molecular flexibility index (Phi) is 4.83. The molecule has 0 spiro atoms. The molecule has 1 atom stereocenters. The molecule has 1 aromatic heterocycles. The van der Waals surface area contributed by atoms with Crippen molar-refractivity contribution in [1.29, 1.82) is 0 Å². The van der Waals surface area contributed by atoms with Gasteiger partial charge in [-0.05, 0) is 42.2 Å². The quantitative estimate of drug-likeness (QED) is 0.685. The predicted octanol–water partition coefficient (Wildman–Crippen LogP) is 2.52. The second kappa shape index (κ2) is 7.14. The number of hydrogen-bond donors (Lipinski definition) is 2. The van der Waals surface area contributed by atoms with E-state index in [0.29, 0.717) is 22.9 Å². The summed E-state index contributed by atoms with van der Waals surface area (Å²) >= 11 is 0. The van der Waals surface area contributed by atoms with Crippen molar-refractivity contribution in [2.75, 3.05) is 6.61 Å². The Morgan fingerprint density at radius 3 is 2.78 bits per heavy atom. The highest BCUT2D eigenvalue weighted by molar-refractivity contribution is 6.65. The minimum absolute atomic E-state index is 0.0142. The molecule has 0 amide bonds. The molecule has 1 aliphatic rings. The SMILES string of the molecule is OB(O)c1c2cnn(C3CCCCO3)c2cc2ccc(F)c(CC(F)F)c12. The zero-order valence-corrected chi connectivity index (χ0v) is 14.4. The van der Waals surface area contributed by atoms with Crippen LogP contribution in [0.4, 0.5) is 13.2 Å². The van der Waals surface area contributed by atoms with Gasteiger partial charge in [0.05, 0.1) is 11.7 Å². The van der Waals surface area contributed by atoms with Crippen LogP contribution in [0.5, 0.6) is 0 Å². The summed E-state index contributed by atoms with van der Waals surface area (Å²) in [5.74, 6) is -0.799. The van der Waals surface area contributed by atoms with Crippen LogP contribution >= 0.6 is 0 Å². The fourth-order valence-electron chi connectivity index (χ4n) is 3.85. The molecule has 5 nitrogen and oxygen atoms in total. The smallest absolute Gasteiger partial charge is 0.423 e. The van der Waals surface area contributed by atoms with E-state index in [2.05, 4.69) is 5.10 Å². The predicted molar refractivity (Wildman–Crippen MR) is 95.6 cm³/mol. The molecule has 0 bridgehead atoms. The summed E-state index contributed by atoms with van der Waals surface area (Å²) in [7, 11) is -1.96. The van der Waals surface area contributed by atoms with Gasteiger partial charge in [-0.3, -0.25) is 0 Å². The van der Waals surface area contributed by atoms with Crippen LogP contribution in [-0.2, 0) is 11.2 Å². The summed E-state index contributed by atoms with van der Waals surface area (Å²) in [6, 6.07) is 4.27. The zero-order valence-electron chi connectivity index (χ0n) is 14.4. The summed E-state index contributed by atoms with van der Waals surface area (Å²) in [4.78, 5) is 0. The van der Waals surface area contributed by atoms with E-state index in [4.69, 9.17) is 4.74 Å². The molecule has 1 unspecified atom stereocenters. The second-order valence-corrected chi connectivity index (χ2v) is 6.73. The molecule has 1 saturated heterocycles. The Balaban J connectivity index is 2.01. The summed E-state index contributed by atoms with van der Waals surface area (Å²) < 4.78 is 47.7. The van der Waals surface area contributed by atoms with E-state index < -0.39 is 25.8 Å². The van der Waals surface area contributed by atoms with Crippen molar-refractivity contribution in [3.8, 4) is 0 Å². The Morgan fingerprint density at radius 1 is 1.30 bits per heavy atom. The Hall–Kier alpha value is -2.10. The Bertz CT molecular complexity index is 987. The van der Waals surface area contributed by atoms with E-state index in [1.54, 1.807) is 10.7 Å². The first-order valence-electron chi connectivity index (χ1n) is 8.84. The third-order valence-corrected chi connectivity index (χ3v) is 5.02. The van der Waals surface area contributed by atoms with E-state index in [1.807, 2.05) is 0 Å². The first-order chi connectivity index (χ1) is 13.0. The van der Waals surface area contributed by atoms with Gasteiger partial charge < -0.3 is 14.8 Å². The molecule has 0 radical (unpaired) electrons. The lowest BCUT2D eigenvalue weighted by atomic mass is 9.73. The van der Waals surface area contributed by atoms with Gasteiger partial charge in [-0.25, -0.2) is 17.9 Å².